The van der Waals surface area contributed by atoms with E-state index in [0.29, 0.717) is 0 Å². The molecule has 0 unspecified atom stereocenters. The van der Waals surface area contributed by atoms with Gasteiger partial charge in [-0.2, -0.15) is 5.26 Å². The second kappa shape index (κ2) is 3.27. The molecule has 0 aliphatic carbocycles. The Balaban J connectivity index is 3.05. The van der Waals surface area contributed by atoms with Crippen LogP contribution in [0.15, 0.2) is 23.7 Å². The predicted octanol–water partition coefficient (Wildman–Crippen LogP) is 0.178. The minimum absolute atomic E-state index is 0.141. The van der Waals surface area contributed by atoms with Crippen LogP contribution in [0.1, 0.15) is 5.69 Å². The van der Waals surface area contributed by atoms with Crippen molar-refractivity contribution in [1.29, 1.82) is 5.26 Å². The van der Waals surface area contributed by atoms with Crippen molar-refractivity contribution in [2.24, 2.45) is 5.16 Å². The highest BCUT2D eigenvalue weighted by Crippen LogP contribution is 1.91. The van der Waals surface area contributed by atoms with Gasteiger partial charge in [-0.25, -0.2) is 0 Å². The lowest BCUT2D eigenvalue weighted by Gasteiger charge is -1.90. The number of nitriles is 1. The average molecular weight is 148 g/mol. The van der Waals surface area contributed by atoms with Crippen molar-refractivity contribution in [2.75, 3.05) is 0 Å². The molecule has 1 aromatic rings. The fourth-order valence-corrected chi connectivity index (χ4v) is 0.552. The number of aromatic nitrogens is 2. The largest absolute Gasteiger partial charge is 0.410 e. The molecule has 0 saturated heterocycles. The van der Waals surface area contributed by atoms with E-state index in [-0.39, 0.29) is 11.4 Å². The van der Waals surface area contributed by atoms with Crippen LogP contribution in [0.3, 0.4) is 0 Å². The zero-order chi connectivity index (χ0) is 8.10. The molecule has 54 valence electrons. The highest BCUT2D eigenvalue weighted by molar-refractivity contribution is 6.09. The van der Waals surface area contributed by atoms with Gasteiger partial charge in [-0.3, -0.25) is 9.97 Å². The normalized spacial score (nSPS) is 10.6. The summed E-state index contributed by atoms with van der Waals surface area (Å²) >= 11 is 0. The third-order valence-electron chi connectivity index (χ3n) is 1.01. The molecule has 0 radical (unpaired) electrons. The molecule has 0 amide bonds. The predicted molar refractivity (Wildman–Crippen MR) is 36.0 cm³/mol. The Morgan fingerprint density at radius 2 is 2.45 bits per heavy atom. The van der Waals surface area contributed by atoms with E-state index in [0.717, 1.165) is 0 Å². The summed E-state index contributed by atoms with van der Waals surface area (Å²) in [5, 5.41) is 19.4. The van der Waals surface area contributed by atoms with E-state index in [1.807, 2.05) is 0 Å². The van der Waals surface area contributed by atoms with Crippen LogP contribution in [0.5, 0.6) is 0 Å². The molecule has 0 aromatic carbocycles. The molecule has 0 aliphatic rings. The van der Waals surface area contributed by atoms with Crippen LogP contribution in [0.25, 0.3) is 0 Å². The molecule has 0 bridgehead atoms. The lowest BCUT2D eigenvalue weighted by atomic mass is 10.3. The van der Waals surface area contributed by atoms with Crippen LogP contribution >= 0.6 is 0 Å². The minimum atomic E-state index is -0.141. The highest BCUT2D eigenvalue weighted by atomic mass is 16.4. The molecule has 1 rings (SSSR count). The van der Waals surface area contributed by atoms with Gasteiger partial charge in [-0.1, -0.05) is 5.16 Å². The van der Waals surface area contributed by atoms with Crippen molar-refractivity contribution >= 4 is 5.71 Å². The van der Waals surface area contributed by atoms with Gasteiger partial charge >= 0.3 is 0 Å². The van der Waals surface area contributed by atoms with E-state index in [1.54, 1.807) is 6.07 Å². The topological polar surface area (TPSA) is 82.2 Å². The Labute approximate surface area is 62.6 Å². The van der Waals surface area contributed by atoms with Gasteiger partial charge < -0.3 is 5.21 Å². The molecule has 0 spiro atoms. The second-order valence-corrected chi connectivity index (χ2v) is 1.65. The first-order valence-electron chi connectivity index (χ1n) is 2.77. The number of rotatable bonds is 1. The van der Waals surface area contributed by atoms with Gasteiger partial charge in [0.2, 0.25) is 5.71 Å². The van der Waals surface area contributed by atoms with Crippen molar-refractivity contribution in [3.05, 3.63) is 24.3 Å². The number of nitrogens with zero attached hydrogens (tertiary/aromatic N) is 4. The fourth-order valence-electron chi connectivity index (χ4n) is 0.552. The summed E-state index contributed by atoms with van der Waals surface area (Å²) in [5.41, 5.74) is 0.121. The lowest BCUT2D eigenvalue weighted by Crippen LogP contribution is -2.00. The molecule has 0 atom stereocenters. The Hall–Kier alpha value is -1.96. The first-order chi connectivity index (χ1) is 5.38. The van der Waals surface area contributed by atoms with Crippen LogP contribution in [0.4, 0.5) is 0 Å². The van der Waals surface area contributed by atoms with Crippen molar-refractivity contribution in [1.82, 2.24) is 9.97 Å². The first-order valence-corrected chi connectivity index (χ1v) is 2.77. The summed E-state index contributed by atoms with van der Waals surface area (Å²) in [6.45, 7) is 0. The van der Waals surface area contributed by atoms with E-state index in [2.05, 4.69) is 15.1 Å². The summed E-state index contributed by atoms with van der Waals surface area (Å²) in [5.74, 6) is 0. The van der Waals surface area contributed by atoms with Crippen molar-refractivity contribution < 1.29 is 5.21 Å². The molecule has 0 saturated carbocycles. The number of hydrogen-bond acceptors (Lipinski definition) is 5. The van der Waals surface area contributed by atoms with Crippen molar-refractivity contribution in [3.63, 3.8) is 0 Å². The fraction of sp³-hybridized carbons (Fsp3) is 0. The zero-order valence-electron chi connectivity index (χ0n) is 5.47. The molecule has 5 nitrogen and oxygen atoms in total. The van der Waals surface area contributed by atoms with Crippen LogP contribution in [-0.4, -0.2) is 20.9 Å². The van der Waals surface area contributed by atoms with Gasteiger partial charge in [0.25, 0.3) is 0 Å². The smallest absolute Gasteiger partial charge is 0.206 e. The zero-order valence-corrected chi connectivity index (χ0v) is 5.47. The van der Waals surface area contributed by atoms with Gasteiger partial charge in [0.15, 0.2) is 0 Å². The second-order valence-electron chi connectivity index (χ2n) is 1.65. The monoisotopic (exact) mass is 148 g/mol. The van der Waals surface area contributed by atoms with Gasteiger partial charge in [-0.15, -0.1) is 0 Å². The molecule has 1 heterocycles. The SMILES string of the molecule is N#C/C(=N/O)c1cnccn1. The Morgan fingerprint density at radius 1 is 1.64 bits per heavy atom. The third-order valence-corrected chi connectivity index (χ3v) is 1.01. The first kappa shape index (κ1) is 7.15. The molecular weight excluding hydrogens is 144 g/mol. The number of oxime groups is 1. The molecule has 1 aromatic heterocycles. The molecule has 5 heteroatoms. The van der Waals surface area contributed by atoms with Crippen LogP contribution in [-0.2, 0) is 0 Å². The Bertz CT molecular complexity index is 300. The van der Waals surface area contributed by atoms with E-state index < -0.39 is 0 Å². The van der Waals surface area contributed by atoms with E-state index in [4.69, 9.17) is 10.5 Å². The van der Waals surface area contributed by atoms with Gasteiger partial charge in [-0.05, 0) is 0 Å². The summed E-state index contributed by atoms with van der Waals surface area (Å²) in [4.78, 5) is 7.44. The average Bonchev–Trinajstić information content (AvgIpc) is 2.09. The Kier molecular flexibility index (Phi) is 2.13. The maximum absolute atomic E-state index is 8.37. The molecule has 11 heavy (non-hydrogen) atoms. The van der Waals surface area contributed by atoms with E-state index in [9.17, 15) is 0 Å². The molecule has 1 N–H and O–H groups in total. The third kappa shape index (κ3) is 1.49. The summed E-state index contributed by atoms with van der Waals surface area (Å²) in [6.07, 6.45) is 4.23. The lowest BCUT2D eigenvalue weighted by molar-refractivity contribution is 0.320. The van der Waals surface area contributed by atoms with Crippen molar-refractivity contribution in [3.8, 4) is 6.07 Å². The summed E-state index contributed by atoms with van der Waals surface area (Å²) in [7, 11) is 0. The van der Waals surface area contributed by atoms with E-state index >= 15 is 0 Å². The van der Waals surface area contributed by atoms with Gasteiger partial charge in [0, 0.05) is 12.4 Å². The van der Waals surface area contributed by atoms with Crippen LogP contribution < -0.4 is 0 Å². The highest BCUT2D eigenvalue weighted by Gasteiger charge is 2.02. The molecule has 0 aliphatic heterocycles. The molecular formula is C6H4N4O. The summed E-state index contributed by atoms with van der Waals surface area (Å²) < 4.78 is 0. The van der Waals surface area contributed by atoms with Gasteiger partial charge in [0.1, 0.15) is 11.8 Å². The maximum Gasteiger partial charge on any atom is 0.206 e. The van der Waals surface area contributed by atoms with E-state index in [1.165, 1.54) is 18.6 Å². The van der Waals surface area contributed by atoms with Crippen molar-refractivity contribution in [2.45, 2.75) is 0 Å². The van der Waals surface area contributed by atoms with Crippen LogP contribution in [0, 0.1) is 11.3 Å². The minimum Gasteiger partial charge on any atom is -0.410 e. The standard InChI is InChI=1S/C6H4N4O/c7-3-5(10-11)6-4-8-1-2-9-6/h1-2,4,11H/b10-5-. The van der Waals surface area contributed by atoms with Gasteiger partial charge in [0.05, 0.1) is 6.20 Å². The quantitative estimate of drug-likeness (QED) is 0.350. The molecule has 0 fully saturated rings. The Morgan fingerprint density at radius 3 is 2.91 bits per heavy atom. The summed E-state index contributed by atoms with van der Waals surface area (Å²) in [6, 6.07) is 1.67. The van der Waals surface area contributed by atoms with Crippen LogP contribution in [0.2, 0.25) is 0 Å². The number of hydrogen-bond donors (Lipinski definition) is 1. The maximum atomic E-state index is 8.37.